The number of nitrogens with one attached hydrogen (secondary N) is 2. The van der Waals surface area contributed by atoms with Gasteiger partial charge < -0.3 is 24.8 Å². The molecule has 0 saturated heterocycles. The summed E-state index contributed by atoms with van der Waals surface area (Å²) in [5.74, 6) is 1.33. The molecule has 18 heavy (non-hydrogen) atoms. The summed E-state index contributed by atoms with van der Waals surface area (Å²) in [5.41, 5.74) is 0.654. The largest absolute Gasteiger partial charge is 0.454 e. The molecule has 1 atom stereocenters. The van der Waals surface area contributed by atoms with Gasteiger partial charge in [0.1, 0.15) is 0 Å². The molecule has 6 nitrogen and oxygen atoms in total. The van der Waals surface area contributed by atoms with Crippen molar-refractivity contribution in [3.8, 4) is 11.5 Å². The number of hydrogen-bond acceptors (Lipinski definition) is 4. The molecule has 0 spiro atoms. The molecule has 1 aromatic carbocycles. The van der Waals surface area contributed by atoms with Crippen molar-refractivity contribution in [1.29, 1.82) is 0 Å². The molecule has 0 saturated carbocycles. The summed E-state index contributed by atoms with van der Waals surface area (Å²) in [6, 6.07) is 4.91. The van der Waals surface area contributed by atoms with Gasteiger partial charge in [-0.05, 0) is 19.1 Å². The number of carbonyl (C=O) groups is 1. The standard InChI is InChI=1S/C12H16N2O4/c1-8(6-16-2)13-12(15)14-9-3-4-10-11(5-9)18-7-17-10/h3-5,8H,6-7H2,1-2H3,(H2,13,14,15). The maximum absolute atomic E-state index is 11.6. The SMILES string of the molecule is COCC(C)NC(=O)Nc1ccc2c(c1)OCO2. The third-order valence-corrected chi connectivity index (χ3v) is 2.42. The average Bonchev–Trinajstić information content (AvgIpc) is 2.76. The van der Waals surface area contributed by atoms with Crippen molar-refractivity contribution >= 4 is 11.7 Å². The number of hydrogen-bond donors (Lipinski definition) is 2. The molecule has 1 aliphatic heterocycles. The van der Waals surface area contributed by atoms with E-state index in [0.717, 1.165) is 0 Å². The summed E-state index contributed by atoms with van der Waals surface area (Å²) in [7, 11) is 1.59. The van der Waals surface area contributed by atoms with Crippen LogP contribution >= 0.6 is 0 Å². The Hall–Kier alpha value is -1.95. The van der Waals surface area contributed by atoms with Crippen LogP contribution in [0, 0.1) is 0 Å². The summed E-state index contributed by atoms with van der Waals surface area (Å²) in [4.78, 5) is 11.6. The first kappa shape index (κ1) is 12.5. The lowest BCUT2D eigenvalue weighted by Gasteiger charge is -2.13. The Kier molecular flexibility index (Phi) is 3.88. The van der Waals surface area contributed by atoms with Gasteiger partial charge in [-0.3, -0.25) is 0 Å². The number of methoxy groups -OCH3 is 1. The molecule has 0 fully saturated rings. The molecule has 0 bridgehead atoms. The minimum Gasteiger partial charge on any atom is -0.454 e. The zero-order valence-electron chi connectivity index (χ0n) is 10.4. The summed E-state index contributed by atoms with van der Waals surface area (Å²) in [5, 5.41) is 5.47. The second-order valence-corrected chi connectivity index (χ2v) is 4.02. The van der Waals surface area contributed by atoms with E-state index in [2.05, 4.69) is 10.6 Å². The Balaban J connectivity index is 1.91. The molecule has 1 unspecified atom stereocenters. The molecule has 0 aromatic heterocycles. The van der Waals surface area contributed by atoms with Crippen LogP contribution in [0.1, 0.15) is 6.92 Å². The Morgan fingerprint density at radius 2 is 2.22 bits per heavy atom. The Morgan fingerprint density at radius 3 is 3.00 bits per heavy atom. The first-order valence-corrected chi connectivity index (χ1v) is 5.65. The summed E-state index contributed by atoms with van der Waals surface area (Å²) < 4.78 is 15.4. The van der Waals surface area contributed by atoms with Gasteiger partial charge >= 0.3 is 6.03 Å². The van der Waals surface area contributed by atoms with Crippen molar-refractivity contribution < 1.29 is 19.0 Å². The molecule has 1 aromatic rings. The van der Waals surface area contributed by atoms with Crippen LogP contribution in [-0.2, 0) is 4.74 Å². The van der Waals surface area contributed by atoms with Gasteiger partial charge in [-0.25, -0.2) is 4.79 Å². The van der Waals surface area contributed by atoms with Gasteiger partial charge in [0.2, 0.25) is 6.79 Å². The molecule has 1 aliphatic rings. The van der Waals surface area contributed by atoms with Crippen LogP contribution in [0.2, 0.25) is 0 Å². The molecular weight excluding hydrogens is 236 g/mol. The van der Waals surface area contributed by atoms with Crippen molar-refractivity contribution in [1.82, 2.24) is 5.32 Å². The summed E-state index contributed by atoms with van der Waals surface area (Å²) in [6.45, 7) is 2.55. The van der Waals surface area contributed by atoms with E-state index in [0.29, 0.717) is 23.8 Å². The van der Waals surface area contributed by atoms with Crippen LogP contribution in [0.15, 0.2) is 18.2 Å². The van der Waals surface area contributed by atoms with Gasteiger partial charge in [0.15, 0.2) is 11.5 Å². The highest BCUT2D eigenvalue weighted by atomic mass is 16.7. The van der Waals surface area contributed by atoms with Crippen LogP contribution in [-0.4, -0.2) is 32.6 Å². The molecule has 0 aliphatic carbocycles. The number of urea groups is 1. The number of fused-ring (bicyclic) bond motifs is 1. The van der Waals surface area contributed by atoms with E-state index in [9.17, 15) is 4.79 Å². The zero-order chi connectivity index (χ0) is 13.0. The highest BCUT2D eigenvalue weighted by molar-refractivity contribution is 5.89. The number of benzene rings is 1. The van der Waals surface area contributed by atoms with Gasteiger partial charge in [0.25, 0.3) is 0 Å². The predicted octanol–water partition coefficient (Wildman–Crippen LogP) is 1.57. The number of anilines is 1. The first-order chi connectivity index (χ1) is 8.69. The van der Waals surface area contributed by atoms with Gasteiger partial charge in [-0.1, -0.05) is 0 Å². The molecule has 98 valence electrons. The fourth-order valence-electron chi connectivity index (χ4n) is 1.66. The van der Waals surface area contributed by atoms with E-state index >= 15 is 0 Å². The van der Waals surface area contributed by atoms with Gasteiger partial charge in [-0.2, -0.15) is 0 Å². The number of ether oxygens (including phenoxy) is 3. The topological polar surface area (TPSA) is 68.8 Å². The van der Waals surface area contributed by atoms with Crippen molar-refractivity contribution in [2.45, 2.75) is 13.0 Å². The van der Waals surface area contributed by atoms with Crippen LogP contribution in [0.5, 0.6) is 11.5 Å². The second-order valence-electron chi connectivity index (χ2n) is 4.02. The number of carbonyl (C=O) groups excluding carboxylic acids is 1. The third kappa shape index (κ3) is 3.04. The minimum atomic E-state index is -0.279. The van der Waals surface area contributed by atoms with Gasteiger partial charge in [-0.15, -0.1) is 0 Å². The summed E-state index contributed by atoms with van der Waals surface area (Å²) in [6.07, 6.45) is 0. The Bertz CT molecular complexity index is 436. The van der Waals surface area contributed by atoms with Crippen molar-refractivity contribution in [2.24, 2.45) is 0 Å². The molecular formula is C12H16N2O4. The van der Waals surface area contributed by atoms with E-state index in [-0.39, 0.29) is 18.9 Å². The Morgan fingerprint density at radius 1 is 1.44 bits per heavy atom. The lowest BCUT2D eigenvalue weighted by atomic mass is 10.3. The predicted molar refractivity (Wildman–Crippen MR) is 66.1 cm³/mol. The quantitative estimate of drug-likeness (QED) is 0.853. The first-order valence-electron chi connectivity index (χ1n) is 5.65. The zero-order valence-corrected chi connectivity index (χ0v) is 10.4. The molecule has 2 rings (SSSR count). The van der Waals surface area contributed by atoms with Crippen molar-refractivity contribution in [3.63, 3.8) is 0 Å². The maximum Gasteiger partial charge on any atom is 0.319 e. The van der Waals surface area contributed by atoms with Crippen LogP contribution < -0.4 is 20.1 Å². The van der Waals surface area contributed by atoms with E-state index in [1.165, 1.54) is 0 Å². The molecule has 1 heterocycles. The fourth-order valence-corrected chi connectivity index (χ4v) is 1.66. The van der Waals surface area contributed by atoms with E-state index in [1.54, 1.807) is 25.3 Å². The molecule has 6 heteroatoms. The molecule has 0 radical (unpaired) electrons. The van der Waals surface area contributed by atoms with E-state index in [1.807, 2.05) is 6.92 Å². The fraction of sp³-hybridized carbons (Fsp3) is 0.417. The summed E-state index contributed by atoms with van der Waals surface area (Å²) >= 11 is 0. The van der Waals surface area contributed by atoms with Crippen molar-refractivity contribution in [2.75, 3.05) is 25.8 Å². The monoisotopic (exact) mass is 252 g/mol. The lowest BCUT2D eigenvalue weighted by molar-refractivity contribution is 0.173. The van der Waals surface area contributed by atoms with Gasteiger partial charge in [0.05, 0.1) is 12.6 Å². The molecule has 2 amide bonds. The second kappa shape index (κ2) is 5.59. The van der Waals surface area contributed by atoms with Crippen LogP contribution in [0.3, 0.4) is 0 Å². The highest BCUT2D eigenvalue weighted by Crippen LogP contribution is 2.34. The van der Waals surface area contributed by atoms with E-state index in [4.69, 9.17) is 14.2 Å². The highest BCUT2D eigenvalue weighted by Gasteiger charge is 2.14. The maximum atomic E-state index is 11.6. The lowest BCUT2D eigenvalue weighted by Crippen LogP contribution is -2.38. The normalized spacial score (nSPS) is 14.1. The average molecular weight is 252 g/mol. The number of rotatable bonds is 4. The van der Waals surface area contributed by atoms with Crippen molar-refractivity contribution in [3.05, 3.63) is 18.2 Å². The number of amides is 2. The minimum absolute atomic E-state index is 0.0518. The molecule has 2 N–H and O–H groups in total. The Labute approximate surface area is 105 Å². The van der Waals surface area contributed by atoms with Crippen LogP contribution in [0.25, 0.3) is 0 Å². The van der Waals surface area contributed by atoms with Gasteiger partial charge in [0, 0.05) is 18.9 Å². The smallest absolute Gasteiger partial charge is 0.319 e. The third-order valence-electron chi connectivity index (χ3n) is 2.42. The van der Waals surface area contributed by atoms with Crippen LogP contribution in [0.4, 0.5) is 10.5 Å². The van der Waals surface area contributed by atoms with E-state index < -0.39 is 0 Å².